The third kappa shape index (κ3) is 5.06. The lowest BCUT2D eigenvalue weighted by Crippen LogP contribution is -1.99. The Kier molecular flexibility index (Phi) is 6.95. The van der Waals surface area contributed by atoms with Crippen LogP contribution in [0, 0.1) is 0 Å². The molecule has 144 valence electrons. The minimum absolute atomic E-state index is 0.452. The molecule has 4 nitrogen and oxygen atoms in total. The predicted molar refractivity (Wildman–Crippen MR) is 117 cm³/mol. The van der Waals surface area contributed by atoms with Crippen LogP contribution in [0.5, 0.6) is 17.2 Å². The Bertz CT molecular complexity index is 977. The lowest BCUT2D eigenvalue weighted by atomic mass is 10.2. The largest absolute Gasteiger partial charge is 0.495 e. The van der Waals surface area contributed by atoms with E-state index in [2.05, 4.69) is 20.9 Å². The molecule has 3 rings (SSSR count). The summed E-state index contributed by atoms with van der Waals surface area (Å²) < 4.78 is 17.4. The zero-order chi connectivity index (χ0) is 19.9. The van der Waals surface area contributed by atoms with E-state index in [-0.39, 0.29) is 0 Å². The molecule has 0 saturated carbocycles. The molecule has 3 aromatic rings. The van der Waals surface area contributed by atoms with Gasteiger partial charge in [0.15, 0.2) is 11.5 Å². The number of halogens is 2. The van der Waals surface area contributed by atoms with Crippen molar-refractivity contribution in [3.05, 3.63) is 81.3 Å². The molecule has 0 aliphatic rings. The van der Waals surface area contributed by atoms with Crippen molar-refractivity contribution < 1.29 is 14.2 Å². The van der Waals surface area contributed by atoms with E-state index >= 15 is 0 Å². The molecule has 0 heterocycles. The van der Waals surface area contributed by atoms with E-state index in [4.69, 9.17) is 25.8 Å². The van der Waals surface area contributed by atoms with Gasteiger partial charge in [0.1, 0.15) is 12.4 Å². The van der Waals surface area contributed by atoms with Crippen LogP contribution in [-0.2, 0) is 6.61 Å². The first kappa shape index (κ1) is 20.2. The van der Waals surface area contributed by atoms with Crippen LogP contribution in [-0.4, -0.2) is 20.4 Å². The van der Waals surface area contributed by atoms with Gasteiger partial charge in [0.05, 0.1) is 29.4 Å². The normalized spacial score (nSPS) is 10.9. The molecular formula is C22H19BrClNO3. The molecule has 0 N–H and O–H groups in total. The van der Waals surface area contributed by atoms with Gasteiger partial charge in [-0.3, -0.25) is 4.99 Å². The summed E-state index contributed by atoms with van der Waals surface area (Å²) in [5, 5.41) is 0.514. The molecule has 0 atom stereocenters. The van der Waals surface area contributed by atoms with Crippen molar-refractivity contribution in [1.29, 1.82) is 0 Å². The van der Waals surface area contributed by atoms with Crippen LogP contribution in [0.25, 0.3) is 0 Å². The Morgan fingerprint density at radius 3 is 2.39 bits per heavy atom. The molecule has 0 bridgehead atoms. The molecule has 6 heteroatoms. The first-order chi connectivity index (χ1) is 13.6. The van der Waals surface area contributed by atoms with E-state index in [1.165, 1.54) is 0 Å². The lowest BCUT2D eigenvalue weighted by Gasteiger charge is -2.13. The number of hydrogen-bond acceptors (Lipinski definition) is 4. The zero-order valence-corrected chi connectivity index (χ0v) is 17.8. The lowest BCUT2D eigenvalue weighted by molar-refractivity contribution is 0.282. The van der Waals surface area contributed by atoms with Gasteiger partial charge >= 0.3 is 0 Å². The van der Waals surface area contributed by atoms with Crippen LogP contribution >= 0.6 is 27.5 Å². The first-order valence-electron chi connectivity index (χ1n) is 8.52. The molecule has 0 spiro atoms. The minimum atomic E-state index is 0.452. The summed E-state index contributed by atoms with van der Waals surface area (Å²) in [4.78, 5) is 4.47. The van der Waals surface area contributed by atoms with Gasteiger partial charge in [0.2, 0.25) is 0 Å². The third-order valence-corrected chi connectivity index (χ3v) is 4.86. The summed E-state index contributed by atoms with van der Waals surface area (Å²) in [5.41, 5.74) is 2.67. The summed E-state index contributed by atoms with van der Waals surface area (Å²) >= 11 is 9.71. The average molecular weight is 461 g/mol. The summed E-state index contributed by atoms with van der Waals surface area (Å²) in [6, 6.07) is 19.1. The molecule has 28 heavy (non-hydrogen) atoms. The predicted octanol–water partition coefficient (Wildman–Crippen LogP) is 6.45. The van der Waals surface area contributed by atoms with Crippen molar-refractivity contribution >= 4 is 39.4 Å². The van der Waals surface area contributed by atoms with Crippen molar-refractivity contribution in [3.8, 4) is 17.2 Å². The Balaban J connectivity index is 1.79. The molecule has 0 fully saturated rings. The number of aliphatic imine (C=N–C) groups is 1. The third-order valence-electron chi connectivity index (χ3n) is 3.98. The van der Waals surface area contributed by atoms with Crippen LogP contribution in [0.4, 0.5) is 5.69 Å². The molecule has 0 aliphatic heterocycles. The van der Waals surface area contributed by atoms with Gasteiger partial charge in [-0.1, -0.05) is 41.9 Å². The maximum absolute atomic E-state index is 6.15. The number of methoxy groups -OCH3 is 2. The van der Waals surface area contributed by atoms with Crippen molar-refractivity contribution in [3.63, 3.8) is 0 Å². The second-order valence-corrected chi connectivity index (χ2v) is 7.15. The Hall–Kier alpha value is -2.50. The van der Waals surface area contributed by atoms with Gasteiger partial charge in [-0.05, 0) is 57.4 Å². The Morgan fingerprint density at radius 2 is 1.71 bits per heavy atom. The van der Waals surface area contributed by atoms with Crippen molar-refractivity contribution in [1.82, 2.24) is 0 Å². The van der Waals surface area contributed by atoms with E-state index in [0.29, 0.717) is 28.9 Å². The van der Waals surface area contributed by atoms with Gasteiger partial charge in [0.25, 0.3) is 0 Å². The van der Waals surface area contributed by atoms with Gasteiger partial charge in [-0.25, -0.2) is 0 Å². The van der Waals surface area contributed by atoms with E-state index < -0.39 is 0 Å². The second kappa shape index (κ2) is 9.62. The number of benzene rings is 3. The van der Waals surface area contributed by atoms with Gasteiger partial charge in [-0.15, -0.1) is 0 Å². The topological polar surface area (TPSA) is 40.0 Å². The fraction of sp³-hybridized carbons (Fsp3) is 0.136. The fourth-order valence-corrected chi connectivity index (χ4v) is 3.39. The molecule has 0 amide bonds. The molecule has 3 aromatic carbocycles. The fourth-order valence-electron chi connectivity index (χ4n) is 2.57. The molecule has 0 aromatic heterocycles. The van der Waals surface area contributed by atoms with Crippen LogP contribution < -0.4 is 14.2 Å². The smallest absolute Gasteiger partial charge is 0.175 e. The molecule has 0 unspecified atom stereocenters. The van der Waals surface area contributed by atoms with E-state index in [1.807, 2.05) is 48.5 Å². The van der Waals surface area contributed by atoms with Crippen molar-refractivity contribution in [2.24, 2.45) is 4.99 Å². The second-order valence-electron chi connectivity index (χ2n) is 5.89. The maximum Gasteiger partial charge on any atom is 0.175 e. The zero-order valence-electron chi connectivity index (χ0n) is 15.5. The number of ether oxygens (including phenoxy) is 3. The van der Waals surface area contributed by atoms with Gasteiger partial charge < -0.3 is 14.2 Å². The highest BCUT2D eigenvalue weighted by molar-refractivity contribution is 9.10. The van der Waals surface area contributed by atoms with E-state index in [0.717, 1.165) is 21.3 Å². The highest BCUT2D eigenvalue weighted by Crippen LogP contribution is 2.37. The summed E-state index contributed by atoms with van der Waals surface area (Å²) in [7, 11) is 3.19. The average Bonchev–Trinajstić information content (AvgIpc) is 2.72. The van der Waals surface area contributed by atoms with Crippen LogP contribution in [0.3, 0.4) is 0 Å². The molecule has 0 saturated heterocycles. The Morgan fingerprint density at radius 1 is 0.964 bits per heavy atom. The maximum atomic E-state index is 6.15. The van der Waals surface area contributed by atoms with E-state index in [1.54, 1.807) is 32.6 Å². The van der Waals surface area contributed by atoms with Crippen LogP contribution in [0.1, 0.15) is 11.1 Å². The number of nitrogens with zero attached hydrogens (tertiary/aromatic N) is 1. The molecule has 0 radical (unpaired) electrons. The van der Waals surface area contributed by atoms with Crippen LogP contribution in [0.2, 0.25) is 5.02 Å². The Labute approximate surface area is 177 Å². The first-order valence-corrected chi connectivity index (χ1v) is 9.69. The van der Waals surface area contributed by atoms with Gasteiger partial charge in [-0.2, -0.15) is 0 Å². The highest BCUT2D eigenvalue weighted by Gasteiger charge is 2.11. The molecular weight excluding hydrogens is 442 g/mol. The number of hydrogen-bond donors (Lipinski definition) is 0. The van der Waals surface area contributed by atoms with Crippen LogP contribution in [0.15, 0.2) is 70.1 Å². The SMILES string of the molecule is COc1ccc(N=Cc2cc(Br)c(OCc3ccccc3)c(OC)c2)cc1Cl. The standard InChI is InChI=1S/C22H19BrClNO3/c1-26-20-9-8-17(12-19(20)24)25-13-16-10-18(23)22(21(11-16)27-2)28-14-15-6-4-3-5-7-15/h3-13H,14H2,1-2H3. The highest BCUT2D eigenvalue weighted by atomic mass is 79.9. The number of rotatable bonds is 7. The van der Waals surface area contributed by atoms with Crippen molar-refractivity contribution in [2.45, 2.75) is 6.61 Å². The minimum Gasteiger partial charge on any atom is -0.495 e. The monoisotopic (exact) mass is 459 g/mol. The summed E-state index contributed by atoms with van der Waals surface area (Å²) in [5.74, 6) is 1.89. The summed E-state index contributed by atoms with van der Waals surface area (Å²) in [6.45, 7) is 0.452. The van der Waals surface area contributed by atoms with E-state index in [9.17, 15) is 0 Å². The van der Waals surface area contributed by atoms with Crippen molar-refractivity contribution in [2.75, 3.05) is 14.2 Å². The quantitative estimate of drug-likeness (QED) is 0.380. The molecule has 0 aliphatic carbocycles. The summed E-state index contributed by atoms with van der Waals surface area (Å²) in [6.07, 6.45) is 1.74. The van der Waals surface area contributed by atoms with Gasteiger partial charge in [0, 0.05) is 6.21 Å².